The molecule has 0 radical (unpaired) electrons. The molecule has 0 amide bonds. The largest absolute Gasteiger partial charge is 0.497 e. The second-order valence-electron chi connectivity index (χ2n) is 5.22. The third-order valence-electron chi connectivity index (χ3n) is 3.74. The van der Waals surface area contributed by atoms with E-state index in [9.17, 15) is 0 Å². The summed E-state index contributed by atoms with van der Waals surface area (Å²) in [6.45, 7) is 0. The van der Waals surface area contributed by atoms with Crippen molar-refractivity contribution in [2.24, 2.45) is 5.10 Å². The Morgan fingerprint density at radius 3 is 2.46 bits per heavy atom. The quantitative estimate of drug-likeness (QED) is 0.531. The zero-order valence-corrected chi connectivity index (χ0v) is 15.4. The Bertz CT molecular complexity index is 977. The number of methoxy groups -OCH3 is 3. The summed E-state index contributed by atoms with van der Waals surface area (Å²) in [6, 6.07) is 13.0. The molecule has 0 saturated carbocycles. The maximum absolute atomic E-state index is 5.42. The van der Waals surface area contributed by atoms with Crippen LogP contribution in [-0.4, -0.2) is 42.4 Å². The van der Waals surface area contributed by atoms with Crippen LogP contribution in [0.25, 0.3) is 11.4 Å². The monoisotopic (exact) mass is 370 g/mol. The van der Waals surface area contributed by atoms with Crippen molar-refractivity contribution in [3.63, 3.8) is 0 Å². The fourth-order valence-electron chi connectivity index (χ4n) is 2.46. The summed E-state index contributed by atoms with van der Waals surface area (Å²) in [6.07, 6.45) is 1.65. The van der Waals surface area contributed by atoms with E-state index in [0.717, 1.165) is 16.9 Å². The third-order valence-corrected chi connectivity index (χ3v) is 4.01. The van der Waals surface area contributed by atoms with Crippen LogP contribution in [0.3, 0.4) is 0 Å². The van der Waals surface area contributed by atoms with E-state index in [1.54, 1.807) is 32.2 Å². The molecule has 0 aliphatic carbocycles. The summed E-state index contributed by atoms with van der Waals surface area (Å²) < 4.78 is 17.8. The van der Waals surface area contributed by atoms with Gasteiger partial charge < -0.3 is 14.2 Å². The molecule has 0 spiro atoms. The molecular formula is C18H18N4O3S. The molecule has 0 aliphatic rings. The highest BCUT2D eigenvalue weighted by molar-refractivity contribution is 7.71. The Morgan fingerprint density at radius 2 is 1.81 bits per heavy atom. The van der Waals surface area contributed by atoms with Crippen molar-refractivity contribution in [1.29, 1.82) is 0 Å². The standard InChI is InChI=1S/C18H18N4O3S/c1-23-14-9-7-12(8-10-14)17-20-21-18(26)22(17)19-11-13-5-4-6-15(24-2)16(13)25-3/h4-11H,1-3H3,(H,21,26)/b19-11-. The Labute approximate surface area is 155 Å². The molecule has 8 heteroatoms. The molecule has 26 heavy (non-hydrogen) atoms. The van der Waals surface area contributed by atoms with Gasteiger partial charge in [-0.15, -0.1) is 0 Å². The Kier molecular flexibility index (Phi) is 5.33. The van der Waals surface area contributed by atoms with Crippen molar-refractivity contribution in [3.8, 4) is 28.6 Å². The minimum Gasteiger partial charge on any atom is -0.497 e. The molecule has 1 N–H and O–H groups in total. The maximum Gasteiger partial charge on any atom is 0.216 e. The third kappa shape index (κ3) is 3.45. The van der Waals surface area contributed by atoms with Crippen molar-refractivity contribution < 1.29 is 14.2 Å². The fourth-order valence-corrected chi connectivity index (χ4v) is 2.64. The first-order valence-electron chi connectivity index (χ1n) is 7.75. The molecule has 0 fully saturated rings. The molecular weight excluding hydrogens is 352 g/mol. The molecule has 1 heterocycles. The number of H-pyrrole nitrogens is 1. The van der Waals surface area contributed by atoms with Gasteiger partial charge in [-0.1, -0.05) is 6.07 Å². The van der Waals surface area contributed by atoms with Gasteiger partial charge in [0, 0.05) is 11.1 Å². The topological polar surface area (TPSA) is 73.7 Å². The Balaban J connectivity index is 2.00. The lowest BCUT2D eigenvalue weighted by Gasteiger charge is -2.09. The number of aromatic nitrogens is 3. The van der Waals surface area contributed by atoms with Crippen molar-refractivity contribution >= 4 is 18.4 Å². The summed E-state index contributed by atoms with van der Waals surface area (Å²) in [5.74, 6) is 2.58. The number of ether oxygens (including phenoxy) is 3. The molecule has 2 aromatic carbocycles. The van der Waals surface area contributed by atoms with Gasteiger partial charge in [0.15, 0.2) is 17.3 Å². The van der Waals surface area contributed by atoms with Crippen LogP contribution in [0, 0.1) is 4.77 Å². The number of hydrogen-bond acceptors (Lipinski definition) is 6. The van der Waals surface area contributed by atoms with E-state index >= 15 is 0 Å². The van der Waals surface area contributed by atoms with Gasteiger partial charge in [0.1, 0.15) is 5.75 Å². The van der Waals surface area contributed by atoms with E-state index in [4.69, 9.17) is 26.4 Å². The van der Waals surface area contributed by atoms with Crippen LogP contribution in [0.5, 0.6) is 17.2 Å². The zero-order valence-electron chi connectivity index (χ0n) is 14.6. The lowest BCUT2D eigenvalue weighted by Crippen LogP contribution is -1.98. The molecule has 3 rings (SSSR count). The maximum atomic E-state index is 5.42. The zero-order chi connectivity index (χ0) is 18.5. The number of benzene rings is 2. The van der Waals surface area contributed by atoms with Gasteiger partial charge >= 0.3 is 0 Å². The average molecular weight is 370 g/mol. The van der Waals surface area contributed by atoms with E-state index in [1.165, 1.54) is 0 Å². The number of rotatable bonds is 6. The highest BCUT2D eigenvalue weighted by Crippen LogP contribution is 2.29. The minimum absolute atomic E-state index is 0.383. The fraction of sp³-hybridized carbons (Fsp3) is 0.167. The molecule has 134 valence electrons. The van der Waals surface area contributed by atoms with Gasteiger partial charge in [-0.25, -0.2) is 5.10 Å². The van der Waals surface area contributed by atoms with Crippen molar-refractivity contribution in [3.05, 3.63) is 52.8 Å². The van der Waals surface area contributed by atoms with Crippen LogP contribution >= 0.6 is 12.2 Å². The van der Waals surface area contributed by atoms with Crippen LogP contribution in [0.2, 0.25) is 0 Å². The molecule has 0 unspecified atom stereocenters. The van der Waals surface area contributed by atoms with Crippen molar-refractivity contribution in [2.45, 2.75) is 0 Å². The van der Waals surface area contributed by atoms with Gasteiger partial charge in [0.25, 0.3) is 0 Å². The van der Waals surface area contributed by atoms with Gasteiger partial charge in [-0.2, -0.15) is 14.9 Å². The van der Waals surface area contributed by atoms with Gasteiger partial charge in [-0.3, -0.25) is 0 Å². The molecule has 3 aromatic rings. The number of nitrogens with zero attached hydrogens (tertiary/aromatic N) is 3. The Hall–Kier alpha value is -3.13. The number of hydrogen-bond donors (Lipinski definition) is 1. The van der Waals surface area contributed by atoms with E-state index in [2.05, 4.69) is 15.3 Å². The lowest BCUT2D eigenvalue weighted by molar-refractivity contribution is 0.354. The van der Waals surface area contributed by atoms with E-state index in [-0.39, 0.29) is 0 Å². The highest BCUT2D eigenvalue weighted by atomic mass is 32.1. The normalized spacial score (nSPS) is 10.9. The highest BCUT2D eigenvalue weighted by Gasteiger charge is 2.10. The first kappa shape index (κ1) is 17.7. The first-order chi connectivity index (χ1) is 12.7. The summed E-state index contributed by atoms with van der Waals surface area (Å²) >= 11 is 5.30. The summed E-state index contributed by atoms with van der Waals surface area (Å²) in [5, 5.41) is 11.5. The summed E-state index contributed by atoms with van der Waals surface area (Å²) in [7, 11) is 4.80. The predicted molar refractivity (Wildman–Crippen MR) is 102 cm³/mol. The van der Waals surface area contributed by atoms with Crippen LogP contribution in [0.15, 0.2) is 47.6 Å². The molecule has 0 aliphatic heterocycles. The molecule has 7 nitrogen and oxygen atoms in total. The molecule has 0 bridgehead atoms. The molecule has 0 saturated heterocycles. The molecule has 0 atom stereocenters. The second kappa shape index (κ2) is 7.83. The smallest absolute Gasteiger partial charge is 0.216 e. The molecule has 1 aromatic heterocycles. The van der Waals surface area contributed by atoms with Crippen LogP contribution in [0.1, 0.15) is 5.56 Å². The van der Waals surface area contributed by atoms with Crippen molar-refractivity contribution in [2.75, 3.05) is 21.3 Å². The van der Waals surface area contributed by atoms with Gasteiger partial charge in [0.05, 0.1) is 27.5 Å². The lowest BCUT2D eigenvalue weighted by atomic mass is 10.2. The summed E-state index contributed by atoms with van der Waals surface area (Å²) in [4.78, 5) is 0. The second-order valence-corrected chi connectivity index (χ2v) is 5.61. The van der Waals surface area contributed by atoms with Crippen LogP contribution in [-0.2, 0) is 0 Å². The Morgan fingerprint density at radius 1 is 1.04 bits per heavy atom. The van der Waals surface area contributed by atoms with E-state index in [1.807, 2.05) is 42.5 Å². The predicted octanol–water partition coefficient (Wildman–Crippen LogP) is 3.52. The van der Waals surface area contributed by atoms with Gasteiger partial charge in [0.2, 0.25) is 4.77 Å². The first-order valence-corrected chi connectivity index (χ1v) is 8.16. The SMILES string of the molecule is COc1ccc(-c2n[nH]c(=S)n2/N=C\c2cccc(OC)c2OC)cc1. The van der Waals surface area contributed by atoms with Crippen LogP contribution in [0.4, 0.5) is 0 Å². The van der Waals surface area contributed by atoms with E-state index in [0.29, 0.717) is 22.1 Å². The minimum atomic E-state index is 0.383. The van der Waals surface area contributed by atoms with Crippen molar-refractivity contribution in [1.82, 2.24) is 14.9 Å². The van der Waals surface area contributed by atoms with E-state index < -0.39 is 0 Å². The van der Waals surface area contributed by atoms with Gasteiger partial charge in [-0.05, 0) is 48.6 Å². The average Bonchev–Trinajstić information content (AvgIpc) is 3.06. The number of nitrogens with one attached hydrogen (secondary N) is 1. The number of para-hydroxylation sites is 1. The van der Waals surface area contributed by atoms with Crippen LogP contribution < -0.4 is 14.2 Å². The number of aromatic amines is 1. The summed E-state index contributed by atoms with van der Waals surface area (Å²) in [5.41, 5.74) is 1.61.